The molecule has 0 aliphatic rings. The molecule has 0 saturated carbocycles. The van der Waals surface area contributed by atoms with E-state index in [1.165, 1.54) is 0 Å². The van der Waals surface area contributed by atoms with E-state index in [1.54, 1.807) is 7.11 Å². The number of aromatic nitrogens is 1. The Bertz CT molecular complexity index is 570. The molecule has 0 atom stereocenters. The Morgan fingerprint density at radius 1 is 1.19 bits per heavy atom. The van der Waals surface area contributed by atoms with Crippen molar-refractivity contribution in [2.24, 2.45) is 0 Å². The first-order chi connectivity index (χ1) is 10.2. The number of hydrogen-bond donors (Lipinski definition) is 2. The Morgan fingerprint density at radius 3 is 2.71 bits per heavy atom. The molecule has 5 nitrogen and oxygen atoms in total. The van der Waals surface area contributed by atoms with E-state index in [0.29, 0.717) is 18.0 Å². The number of methoxy groups -OCH3 is 1. The molecule has 2 N–H and O–H groups in total. The maximum absolute atomic E-state index is 8.85. The van der Waals surface area contributed by atoms with Gasteiger partial charge in [-0.25, -0.2) is 0 Å². The number of nitrogens with zero attached hydrogens (tertiary/aromatic N) is 1. The van der Waals surface area contributed by atoms with E-state index in [-0.39, 0.29) is 13.2 Å². The Labute approximate surface area is 124 Å². The standard InChI is InChI=1S/C16H20N2O3/c1-12-3-4-14(17-10-12)11-18-13-5-6-15(20-2)16(9-13)21-8-7-19/h3-6,9-10,18-19H,7-8,11H2,1-2H3. The van der Waals surface area contributed by atoms with Gasteiger partial charge in [-0.05, 0) is 30.7 Å². The molecule has 0 radical (unpaired) electrons. The fraction of sp³-hybridized carbons (Fsp3) is 0.312. The maximum Gasteiger partial charge on any atom is 0.163 e. The fourth-order valence-corrected chi connectivity index (χ4v) is 1.85. The van der Waals surface area contributed by atoms with Crippen LogP contribution in [0.1, 0.15) is 11.3 Å². The number of anilines is 1. The number of pyridine rings is 1. The van der Waals surface area contributed by atoms with Crippen molar-refractivity contribution >= 4 is 5.69 Å². The summed E-state index contributed by atoms with van der Waals surface area (Å²) in [6.07, 6.45) is 1.85. The van der Waals surface area contributed by atoms with E-state index in [4.69, 9.17) is 14.6 Å². The average Bonchev–Trinajstić information content (AvgIpc) is 2.52. The summed E-state index contributed by atoms with van der Waals surface area (Å²) >= 11 is 0. The van der Waals surface area contributed by atoms with Crippen molar-refractivity contribution in [3.8, 4) is 11.5 Å². The van der Waals surface area contributed by atoms with Crippen LogP contribution in [-0.4, -0.2) is 30.4 Å². The maximum atomic E-state index is 8.85. The van der Waals surface area contributed by atoms with E-state index in [9.17, 15) is 0 Å². The molecule has 1 aromatic carbocycles. The average molecular weight is 288 g/mol. The third-order valence-electron chi connectivity index (χ3n) is 2.96. The fourth-order valence-electron chi connectivity index (χ4n) is 1.85. The number of hydrogen-bond acceptors (Lipinski definition) is 5. The molecule has 0 fully saturated rings. The molecule has 0 saturated heterocycles. The molecule has 0 amide bonds. The molecular weight excluding hydrogens is 268 g/mol. The molecule has 0 unspecified atom stereocenters. The quantitative estimate of drug-likeness (QED) is 0.819. The molecule has 2 aromatic rings. The van der Waals surface area contributed by atoms with E-state index in [1.807, 2.05) is 43.5 Å². The monoisotopic (exact) mass is 288 g/mol. The summed E-state index contributed by atoms with van der Waals surface area (Å²) in [7, 11) is 1.59. The third kappa shape index (κ3) is 4.36. The first-order valence-electron chi connectivity index (χ1n) is 6.80. The predicted molar refractivity (Wildman–Crippen MR) is 81.9 cm³/mol. The lowest BCUT2D eigenvalue weighted by Crippen LogP contribution is -2.05. The number of nitrogens with one attached hydrogen (secondary N) is 1. The van der Waals surface area contributed by atoms with Gasteiger partial charge < -0.3 is 19.9 Å². The van der Waals surface area contributed by atoms with Crippen LogP contribution >= 0.6 is 0 Å². The molecule has 0 bridgehead atoms. The van der Waals surface area contributed by atoms with Gasteiger partial charge in [-0.1, -0.05) is 6.07 Å². The van der Waals surface area contributed by atoms with Crippen LogP contribution in [0.2, 0.25) is 0 Å². The summed E-state index contributed by atoms with van der Waals surface area (Å²) in [6.45, 7) is 2.85. The second-order valence-corrected chi connectivity index (χ2v) is 4.62. The molecule has 2 rings (SSSR count). The van der Waals surface area contributed by atoms with Crippen molar-refractivity contribution in [3.05, 3.63) is 47.8 Å². The minimum absolute atomic E-state index is 0.0336. The zero-order valence-corrected chi connectivity index (χ0v) is 12.3. The van der Waals surface area contributed by atoms with Crippen molar-refractivity contribution in [1.82, 2.24) is 4.98 Å². The minimum Gasteiger partial charge on any atom is -0.493 e. The number of aliphatic hydroxyl groups is 1. The summed E-state index contributed by atoms with van der Waals surface area (Å²) in [5.74, 6) is 1.25. The highest BCUT2D eigenvalue weighted by molar-refractivity contribution is 5.54. The topological polar surface area (TPSA) is 63.6 Å². The van der Waals surface area contributed by atoms with Crippen molar-refractivity contribution in [2.45, 2.75) is 13.5 Å². The SMILES string of the molecule is COc1ccc(NCc2ccc(C)cn2)cc1OCCO. The van der Waals surface area contributed by atoms with Crippen LogP contribution in [0.25, 0.3) is 0 Å². The van der Waals surface area contributed by atoms with Gasteiger partial charge in [0.25, 0.3) is 0 Å². The second-order valence-electron chi connectivity index (χ2n) is 4.62. The molecule has 0 aliphatic carbocycles. The van der Waals surface area contributed by atoms with Gasteiger partial charge >= 0.3 is 0 Å². The molecule has 21 heavy (non-hydrogen) atoms. The van der Waals surface area contributed by atoms with Gasteiger partial charge in [0.05, 0.1) is 26.0 Å². The van der Waals surface area contributed by atoms with Crippen LogP contribution < -0.4 is 14.8 Å². The highest BCUT2D eigenvalue weighted by atomic mass is 16.5. The Balaban J connectivity index is 2.04. The van der Waals surface area contributed by atoms with Gasteiger partial charge in [-0.15, -0.1) is 0 Å². The molecule has 0 aliphatic heterocycles. The van der Waals surface area contributed by atoms with Crippen LogP contribution in [0.15, 0.2) is 36.5 Å². The lowest BCUT2D eigenvalue weighted by Gasteiger charge is -2.12. The van der Waals surface area contributed by atoms with E-state index < -0.39 is 0 Å². The highest BCUT2D eigenvalue weighted by Crippen LogP contribution is 2.30. The van der Waals surface area contributed by atoms with Crippen LogP contribution in [0.5, 0.6) is 11.5 Å². The molecule has 1 aromatic heterocycles. The number of benzene rings is 1. The Morgan fingerprint density at radius 2 is 2.05 bits per heavy atom. The Kier molecular flexibility index (Phi) is 5.40. The van der Waals surface area contributed by atoms with Crippen molar-refractivity contribution in [3.63, 3.8) is 0 Å². The highest BCUT2D eigenvalue weighted by Gasteiger charge is 2.06. The Hall–Kier alpha value is -2.27. The van der Waals surface area contributed by atoms with E-state index in [2.05, 4.69) is 10.3 Å². The smallest absolute Gasteiger partial charge is 0.163 e. The normalized spacial score (nSPS) is 10.2. The predicted octanol–water partition coefficient (Wildman–Crippen LogP) is 2.38. The largest absolute Gasteiger partial charge is 0.493 e. The van der Waals surface area contributed by atoms with Gasteiger partial charge in [0, 0.05) is 18.0 Å². The van der Waals surface area contributed by atoms with Gasteiger partial charge in [0.15, 0.2) is 11.5 Å². The van der Waals surface area contributed by atoms with Gasteiger partial charge in [0.2, 0.25) is 0 Å². The summed E-state index contributed by atoms with van der Waals surface area (Å²) in [4.78, 5) is 4.35. The van der Waals surface area contributed by atoms with Crippen LogP contribution in [-0.2, 0) is 6.54 Å². The lowest BCUT2D eigenvalue weighted by molar-refractivity contribution is 0.196. The minimum atomic E-state index is -0.0336. The van der Waals surface area contributed by atoms with E-state index in [0.717, 1.165) is 16.9 Å². The summed E-state index contributed by atoms with van der Waals surface area (Å²) in [5, 5.41) is 12.1. The van der Waals surface area contributed by atoms with Crippen LogP contribution in [0.3, 0.4) is 0 Å². The summed E-state index contributed by atoms with van der Waals surface area (Å²) in [5.41, 5.74) is 3.02. The lowest BCUT2D eigenvalue weighted by atomic mass is 10.2. The van der Waals surface area contributed by atoms with Gasteiger partial charge in [0.1, 0.15) is 6.61 Å². The van der Waals surface area contributed by atoms with Crippen molar-refractivity contribution < 1.29 is 14.6 Å². The van der Waals surface area contributed by atoms with Gasteiger partial charge in [-0.2, -0.15) is 0 Å². The summed E-state index contributed by atoms with van der Waals surface area (Å²) in [6, 6.07) is 9.63. The number of aryl methyl sites for hydroxylation is 1. The first-order valence-corrected chi connectivity index (χ1v) is 6.80. The number of rotatable bonds is 7. The van der Waals surface area contributed by atoms with Crippen molar-refractivity contribution in [1.29, 1.82) is 0 Å². The van der Waals surface area contributed by atoms with E-state index >= 15 is 0 Å². The number of ether oxygens (including phenoxy) is 2. The summed E-state index contributed by atoms with van der Waals surface area (Å²) < 4.78 is 10.7. The van der Waals surface area contributed by atoms with Crippen LogP contribution in [0.4, 0.5) is 5.69 Å². The van der Waals surface area contributed by atoms with Crippen LogP contribution in [0, 0.1) is 6.92 Å². The number of aliphatic hydroxyl groups excluding tert-OH is 1. The zero-order valence-electron chi connectivity index (χ0n) is 12.3. The third-order valence-corrected chi connectivity index (χ3v) is 2.96. The zero-order chi connectivity index (χ0) is 15.1. The second kappa shape index (κ2) is 7.50. The molecule has 1 heterocycles. The molecule has 0 spiro atoms. The molecule has 5 heteroatoms. The van der Waals surface area contributed by atoms with Crippen molar-refractivity contribution in [2.75, 3.05) is 25.6 Å². The first kappa shape index (κ1) is 15.1. The molecular formula is C16H20N2O3. The van der Waals surface area contributed by atoms with Gasteiger partial charge in [-0.3, -0.25) is 4.98 Å². The molecule has 112 valence electrons.